The standard InChI is InChI=1S/C19H15Se/c1-2-6-12-17(11-5-1)20(18-13-7-3-8-14-18)19-15-9-4-10-16-19/h1,3-16H. The molecule has 1 aliphatic rings. The summed E-state index contributed by atoms with van der Waals surface area (Å²) in [5, 5.41) is 0. The van der Waals surface area contributed by atoms with E-state index in [4.69, 9.17) is 0 Å². The Labute approximate surface area is 124 Å². The van der Waals surface area contributed by atoms with Gasteiger partial charge in [-0.3, -0.25) is 0 Å². The molecule has 0 fully saturated rings. The molecule has 0 N–H and O–H groups in total. The molecule has 1 aliphatic carbocycles. The first-order chi connectivity index (χ1) is 9.95. The molecular formula is C19H15Se. The van der Waals surface area contributed by atoms with E-state index in [2.05, 4.69) is 84.6 Å². The number of hydrogen-bond donors (Lipinski definition) is 0. The van der Waals surface area contributed by atoms with Crippen LogP contribution in [0.4, 0.5) is 0 Å². The van der Waals surface area contributed by atoms with Gasteiger partial charge in [-0.1, -0.05) is 0 Å². The fourth-order valence-corrected chi connectivity index (χ4v) is 6.49. The molecule has 0 atom stereocenters. The van der Waals surface area contributed by atoms with Gasteiger partial charge in [0.2, 0.25) is 0 Å². The minimum atomic E-state index is -1.21. The Morgan fingerprint density at radius 1 is 0.700 bits per heavy atom. The van der Waals surface area contributed by atoms with Gasteiger partial charge in [0, 0.05) is 0 Å². The Kier molecular flexibility index (Phi) is 4.16. The van der Waals surface area contributed by atoms with E-state index < -0.39 is 13.9 Å². The van der Waals surface area contributed by atoms with Crippen LogP contribution in [0.25, 0.3) is 0 Å². The van der Waals surface area contributed by atoms with Crippen LogP contribution in [0.15, 0.2) is 101 Å². The van der Waals surface area contributed by atoms with Gasteiger partial charge in [0.1, 0.15) is 0 Å². The van der Waals surface area contributed by atoms with Gasteiger partial charge in [-0.2, -0.15) is 0 Å². The van der Waals surface area contributed by atoms with Crippen molar-refractivity contribution in [2.24, 2.45) is 0 Å². The molecule has 20 heavy (non-hydrogen) atoms. The van der Waals surface area contributed by atoms with Crippen molar-refractivity contribution in [3.05, 3.63) is 101 Å². The minimum absolute atomic E-state index is 1.21. The Morgan fingerprint density at radius 2 is 1.30 bits per heavy atom. The van der Waals surface area contributed by atoms with Crippen molar-refractivity contribution in [1.29, 1.82) is 0 Å². The van der Waals surface area contributed by atoms with Gasteiger partial charge in [0.05, 0.1) is 0 Å². The summed E-state index contributed by atoms with van der Waals surface area (Å²) in [6, 6.07) is 21.7. The Bertz CT molecular complexity index is 648. The summed E-state index contributed by atoms with van der Waals surface area (Å²) in [7, 11) is 0. The van der Waals surface area contributed by atoms with Crippen molar-refractivity contribution >= 4 is 22.8 Å². The van der Waals surface area contributed by atoms with E-state index in [0.717, 1.165) is 0 Å². The molecule has 1 radical (unpaired) electrons. The molecule has 0 amide bonds. The quantitative estimate of drug-likeness (QED) is 0.602. The summed E-state index contributed by atoms with van der Waals surface area (Å²) in [6.45, 7) is 0. The van der Waals surface area contributed by atoms with Crippen LogP contribution in [0.3, 0.4) is 0 Å². The zero-order chi connectivity index (χ0) is 13.6. The van der Waals surface area contributed by atoms with Crippen LogP contribution < -0.4 is 8.92 Å². The second-order valence-corrected chi connectivity index (χ2v) is 8.61. The molecule has 0 heterocycles. The van der Waals surface area contributed by atoms with E-state index in [1.165, 1.54) is 13.4 Å². The van der Waals surface area contributed by atoms with Crippen molar-refractivity contribution in [2.45, 2.75) is 0 Å². The molecule has 0 aliphatic heterocycles. The molecule has 0 spiro atoms. The van der Waals surface area contributed by atoms with E-state index in [9.17, 15) is 0 Å². The van der Waals surface area contributed by atoms with Crippen LogP contribution in [-0.4, -0.2) is 13.9 Å². The maximum absolute atomic E-state index is 3.14. The van der Waals surface area contributed by atoms with Crippen LogP contribution in [-0.2, 0) is 0 Å². The number of benzene rings is 2. The second kappa shape index (κ2) is 6.41. The van der Waals surface area contributed by atoms with Gasteiger partial charge in [-0.05, 0) is 0 Å². The molecular weight excluding hydrogens is 307 g/mol. The van der Waals surface area contributed by atoms with Crippen molar-refractivity contribution in [3.8, 4) is 0 Å². The number of rotatable bonds is 3. The first-order valence-electron chi connectivity index (χ1n) is 6.59. The van der Waals surface area contributed by atoms with Crippen LogP contribution in [0, 0.1) is 0 Å². The molecule has 0 unspecified atom stereocenters. The van der Waals surface area contributed by atoms with E-state index in [0.29, 0.717) is 0 Å². The molecule has 2 aromatic carbocycles. The first kappa shape index (κ1) is 13.0. The van der Waals surface area contributed by atoms with Gasteiger partial charge in [0.15, 0.2) is 0 Å². The average molecular weight is 322 g/mol. The van der Waals surface area contributed by atoms with Crippen LogP contribution in [0.1, 0.15) is 0 Å². The van der Waals surface area contributed by atoms with Crippen molar-refractivity contribution in [3.63, 3.8) is 0 Å². The normalized spacial score (nSPS) is 13.3. The van der Waals surface area contributed by atoms with Gasteiger partial charge in [-0.15, -0.1) is 0 Å². The van der Waals surface area contributed by atoms with Crippen LogP contribution in [0.2, 0.25) is 0 Å². The van der Waals surface area contributed by atoms with E-state index in [-0.39, 0.29) is 0 Å². The third-order valence-electron chi connectivity index (χ3n) is 2.99. The topological polar surface area (TPSA) is 0 Å². The fourth-order valence-electron chi connectivity index (χ4n) is 2.10. The van der Waals surface area contributed by atoms with Gasteiger partial charge >= 0.3 is 124 Å². The average Bonchev–Trinajstić information content (AvgIpc) is 2.79. The Balaban J connectivity index is 2.10. The van der Waals surface area contributed by atoms with Gasteiger partial charge in [-0.25, -0.2) is 0 Å². The fraction of sp³-hybridized carbons (Fsp3) is 0. The van der Waals surface area contributed by atoms with E-state index in [1.807, 2.05) is 12.2 Å². The first-order valence-corrected chi connectivity index (χ1v) is 9.16. The monoisotopic (exact) mass is 323 g/mol. The van der Waals surface area contributed by atoms with Crippen molar-refractivity contribution in [2.75, 3.05) is 0 Å². The molecule has 3 rings (SSSR count). The SMILES string of the molecule is C1=CC=CC([Se](c2ccccc2)c2ccccc2)=CC=1. The molecule has 0 aromatic heterocycles. The van der Waals surface area contributed by atoms with Crippen LogP contribution in [0.5, 0.6) is 0 Å². The van der Waals surface area contributed by atoms with E-state index >= 15 is 0 Å². The molecule has 0 nitrogen and oxygen atoms in total. The summed E-state index contributed by atoms with van der Waals surface area (Å²) in [5.74, 6) is 0. The summed E-state index contributed by atoms with van der Waals surface area (Å²) < 4.78 is 4.28. The summed E-state index contributed by atoms with van der Waals surface area (Å²) in [6.07, 6.45) is 10.5. The molecule has 0 bridgehead atoms. The predicted octanol–water partition coefficient (Wildman–Crippen LogP) is 3.04. The third-order valence-corrected chi connectivity index (χ3v) is 7.67. The van der Waals surface area contributed by atoms with Gasteiger partial charge < -0.3 is 0 Å². The van der Waals surface area contributed by atoms with Crippen molar-refractivity contribution in [1.82, 2.24) is 0 Å². The summed E-state index contributed by atoms with van der Waals surface area (Å²) in [5.41, 5.74) is 3.14. The predicted molar refractivity (Wildman–Crippen MR) is 87.8 cm³/mol. The third kappa shape index (κ3) is 2.92. The summed E-state index contributed by atoms with van der Waals surface area (Å²) >= 11 is -1.21. The van der Waals surface area contributed by atoms with Crippen LogP contribution >= 0.6 is 0 Å². The van der Waals surface area contributed by atoms with Crippen molar-refractivity contribution < 1.29 is 0 Å². The van der Waals surface area contributed by atoms with Gasteiger partial charge in [0.25, 0.3) is 0 Å². The zero-order valence-electron chi connectivity index (χ0n) is 11.1. The number of allylic oxidation sites excluding steroid dienone is 5. The zero-order valence-corrected chi connectivity index (χ0v) is 12.8. The Hall–Kier alpha value is -2.04. The second-order valence-electron chi connectivity index (χ2n) is 4.36. The molecule has 0 saturated heterocycles. The molecule has 0 saturated carbocycles. The molecule has 1 heteroatoms. The molecule has 97 valence electrons. The maximum atomic E-state index is 3.14. The van der Waals surface area contributed by atoms with E-state index in [1.54, 1.807) is 0 Å². The molecule has 2 aromatic rings. The Morgan fingerprint density at radius 3 is 1.90 bits per heavy atom. The number of hydrogen-bond acceptors (Lipinski definition) is 0. The summed E-state index contributed by atoms with van der Waals surface area (Å²) in [4.78, 5) is 0.